The van der Waals surface area contributed by atoms with Crippen molar-refractivity contribution in [3.05, 3.63) is 59.8 Å². The Morgan fingerprint density at radius 1 is 0.958 bits per heavy atom. The van der Waals surface area contributed by atoms with E-state index in [1.54, 1.807) is 13.3 Å². The molecule has 0 fully saturated rings. The molecule has 6 heteroatoms. The summed E-state index contributed by atoms with van der Waals surface area (Å²) in [6.07, 6.45) is 1.59. The molecule has 0 spiro atoms. The van der Waals surface area contributed by atoms with E-state index in [0.717, 1.165) is 16.9 Å². The van der Waals surface area contributed by atoms with Crippen LogP contribution in [0.1, 0.15) is 11.1 Å². The second kappa shape index (κ2) is 6.95. The van der Waals surface area contributed by atoms with Crippen molar-refractivity contribution < 1.29 is 4.74 Å². The van der Waals surface area contributed by atoms with Gasteiger partial charge in [0.2, 0.25) is 5.95 Å². The molecule has 0 aliphatic heterocycles. The molecular formula is C18H19N5O. The van der Waals surface area contributed by atoms with Crippen LogP contribution in [0.3, 0.4) is 0 Å². The molecule has 0 saturated carbocycles. The van der Waals surface area contributed by atoms with Crippen molar-refractivity contribution in [3.63, 3.8) is 0 Å². The number of anilines is 4. The van der Waals surface area contributed by atoms with Crippen molar-refractivity contribution in [2.24, 2.45) is 0 Å². The second-order valence-corrected chi connectivity index (χ2v) is 5.43. The number of para-hydroxylation sites is 2. The third-order valence-electron chi connectivity index (χ3n) is 3.57. The van der Waals surface area contributed by atoms with Crippen LogP contribution in [0.25, 0.3) is 0 Å². The molecule has 0 aliphatic rings. The number of ether oxygens (including phenoxy) is 1. The summed E-state index contributed by atoms with van der Waals surface area (Å²) in [5.74, 6) is 1.74. The van der Waals surface area contributed by atoms with E-state index in [-0.39, 0.29) is 0 Å². The maximum absolute atomic E-state index is 5.32. The molecule has 6 nitrogen and oxygen atoms in total. The third kappa shape index (κ3) is 3.60. The van der Waals surface area contributed by atoms with Gasteiger partial charge in [-0.25, -0.2) is 0 Å². The Bertz CT molecular complexity index is 850. The van der Waals surface area contributed by atoms with Gasteiger partial charge in [0.25, 0.3) is 0 Å². The summed E-state index contributed by atoms with van der Waals surface area (Å²) in [6.45, 7) is 4.10. The van der Waals surface area contributed by atoms with Gasteiger partial charge in [0.1, 0.15) is 5.75 Å². The van der Waals surface area contributed by atoms with Gasteiger partial charge >= 0.3 is 0 Å². The van der Waals surface area contributed by atoms with E-state index in [9.17, 15) is 0 Å². The van der Waals surface area contributed by atoms with Crippen LogP contribution in [0.4, 0.5) is 23.1 Å². The fourth-order valence-corrected chi connectivity index (χ4v) is 2.29. The highest BCUT2D eigenvalue weighted by atomic mass is 16.5. The lowest BCUT2D eigenvalue weighted by Crippen LogP contribution is -2.04. The summed E-state index contributed by atoms with van der Waals surface area (Å²) in [7, 11) is 1.62. The van der Waals surface area contributed by atoms with Crippen molar-refractivity contribution in [1.29, 1.82) is 0 Å². The predicted octanol–water partition coefficient (Wildman–Crippen LogP) is 3.98. The first kappa shape index (κ1) is 15.7. The summed E-state index contributed by atoms with van der Waals surface area (Å²) >= 11 is 0. The Morgan fingerprint density at radius 3 is 2.62 bits per heavy atom. The standard InChI is InChI=1S/C18H19N5O/c1-12-8-9-13(2)15(10-12)20-17-11-19-23-18(22-17)21-14-6-4-5-7-16(14)24-3/h4-11H,1-3H3,(H2,20,21,22,23). The summed E-state index contributed by atoms with van der Waals surface area (Å²) < 4.78 is 5.32. The Morgan fingerprint density at radius 2 is 1.79 bits per heavy atom. The minimum absolute atomic E-state index is 0.398. The van der Waals surface area contributed by atoms with E-state index in [0.29, 0.717) is 17.5 Å². The van der Waals surface area contributed by atoms with Gasteiger partial charge in [0.05, 0.1) is 19.0 Å². The molecule has 0 bridgehead atoms. The smallest absolute Gasteiger partial charge is 0.249 e. The quantitative estimate of drug-likeness (QED) is 0.740. The highest BCUT2D eigenvalue weighted by Crippen LogP contribution is 2.26. The molecule has 0 amide bonds. The number of rotatable bonds is 5. The fraction of sp³-hybridized carbons (Fsp3) is 0.167. The Balaban J connectivity index is 1.83. The van der Waals surface area contributed by atoms with E-state index >= 15 is 0 Å². The zero-order chi connectivity index (χ0) is 16.9. The number of methoxy groups -OCH3 is 1. The van der Waals surface area contributed by atoms with Gasteiger partial charge in [0.15, 0.2) is 5.82 Å². The molecule has 2 N–H and O–H groups in total. The largest absolute Gasteiger partial charge is 0.495 e. The Hall–Kier alpha value is -3.15. The summed E-state index contributed by atoms with van der Waals surface area (Å²) in [4.78, 5) is 4.46. The molecule has 0 atom stereocenters. The zero-order valence-electron chi connectivity index (χ0n) is 13.9. The van der Waals surface area contributed by atoms with Gasteiger partial charge in [-0.2, -0.15) is 10.1 Å². The first-order valence-electron chi connectivity index (χ1n) is 7.60. The van der Waals surface area contributed by atoms with Crippen LogP contribution in [0.15, 0.2) is 48.7 Å². The lowest BCUT2D eigenvalue weighted by molar-refractivity contribution is 0.417. The average Bonchev–Trinajstić information content (AvgIpc) is 2.59. The normalized spacial score (nSPS) is 10.3. The van der Waals surface area contributed by atoms with Crippen molar-refractivity contribution in [3.8, 4) is 5.75 Å². The molecule has 1 heterocycles. The van der Waals surface area contributed by atoms with Gasteiger partial charge < -0.3 is 15.4 Å². The first-order valence-corrected chi connectivity index (χ1v) is 7.60. The lowest BCUT2D eigenvalue weighted by atomic mass is 10.1. The number of nitrogens with one attached hydrogen (secondary N) is 2. The van der Waals surface area contributed by atoms with Crippen LogP contribution in [0, 0.1) is 13.8 Å². The SMILES string of the molecule is COc1ccccc1Nc1nncc(Nc2cc(C)ccc2C)n1. The van der Waals surface area contributed by atoms with Gasteiger partial charge in [-0.15, -0.1) is 5.10 Å². The van der Waals surface area contributed by atoms with Crippen LogP contribution in [-0.2, 0) is 0 Å². The number of nitrogens with zero attached hydrogens (tertiary/aromatic N) is 3. The third-order valence-corrected chi connectivity index (χ3v) is 3.57. The highest BCUT2D eigenvalue weighted by molar-refractivity contribution is 5.64. The molecule has 1 aromatic heterocycles. The lowest BCUT2D eigenvalue weighted by Gasteiger charge is -2.11. The number of hydrogen-bond donors (Lipinski definition) is 2. The summed E-state index contributed by atoms with van der Waals surface area (Å²) in [5, 5.41) is 14.4. The van der Waals surface area contributed by atoms with E-state index in [1.807, 2.05) is 31.2 Å². The van der Waals surface area contributed by atoms with E-state index in [4.69, 9.17) is 4.74 Å². The van der Waals surface area contributed by atoms with Crippen LogP contribution in [0.2, 0.25) is 0 Å². The van der Waals surface area contributed by atoms with E-state index < -0.39 is 0 Å². The van der Waals surface area contributed by atoms with Gasteiger partial charge in [0, 0.05) is 5.69 Å². The highest BCUT2D eigenvalue weighted by Gasteiger charge is 2.07. The van der Waals surface area contributed by atoms with Gasteiger partial charge in [-0.05, 0) is 43.2 Å². The molecule has 24 heavy (non-hydrogen) atoms. The molecular weight excluding hydrogens is 302 g/mol. The molecule has 122 valence electrons. The van der Waals surface area contributed by atoms with Crippen LogP contribution in [0.5, 0.6) is 5.75 Å². The summed E-state index contributed by atoms with van der Waals surface area (Å²) in [5.41, 5.74) is 4.10. The van der Waals surface area contributed by atoms with Crippen LogP contribution < -0.4 is 15.4 Å². The maximum Gasteiger partial charge on any atom is 0.249 e. The average molecular weight is 321 g/mol. The van der Waals surface area contributed by atoms with Crippen LogP contribution in [-0.4, -0.2) is 22.3 Å². The van der Waals surface area contributed by atoms with Crippen molar-refractivity contribution >= 4 is 23.1 Å². The summed E-state index contributed by atoms with van der Waals surface area (Å²) in [6, 6.07) is 13.8. The molecule has 3 aromatic rings. The Labute approximate surface area is 140 Å². The van der Waals surface area contributed by atoms with Crippen molar-refractivity contribution in [2.75, 3.05) is 17.7 Å². The molecule has 3 rings (SSSR count). The molecule has 0 saturated heterocycles. The number of benzene rings is 2. The Kier molecular flexibility index (Phi) is 4.56. The zero-order valence-corrected chi connectivity index (χ0v) is 13.9. The number of aryl methyl sites for hydroxylation is 2. The molecule has 0 aliphatic carbocycles. The molecule has 2 aromatic carbocycles. The molecule has 0 radical (unpaired) electrons. The first-order chi connectivity index (χ1) is 11.7. The fourth-order valence-electron chi connectivity index (χ4n) is 2.29. The van der Waals surface area contributed by atoms with Gasteiger partial charge in [-0.3, -0.25) is 0 Å². The van der Waals surface area contributed by atoms with Crippen LogP contribution >= 0.6 is 0 Å². The second-order valence-electron chi connectivity index (χ2n) is 5.43. The number of hydrogen-bond acceptors (Lipinski definition) is 6. The maximum atomic E-state index is 5.32. The van der Waals surface area contributed by atoms with E-state index in [2.05, 4.69) is 50.9 Å². The van der Waals surface area contributed by atoms with E-state index in [1.165, 1.54) is 5.56 Å². The monoisotopic (exact) mass is 321 g/mol. The van der Waals surface area contributed by atoms with Crippen molar-refractivity contribution in [1.82, 2.24) is 15.2 Å². The van der Waals surface area contributed by atoms with Gasteiger partial charge in [-0.1, -0.05) is 24.3 Å². The molecule has 0 unspecified atom stereocenters. The topological polar surface area (TPSA) is 72.0 Å². The predicted molar refractivity (Wildman–Crippen MR) is 95.3 cm³/mol. The van der Waals surface area contributed by atoms with Crippen molar-refractivity contribution in [2.45, 2.75) is 13.8 Å². The number of aromatic nitrogens is 3. The minimum atomic E-state index is 0.398. The minimum Gasteiger partial charge on any atom is -0.495 e.